The van der Waals surface area contributed by atoms with Crippen LogP contribution in [0.1, 0.15) is 41.9 Å². The first-order valence-corrected chi connectivity index (χ1v) is 9.79. The van der Waals surface area contributed by atoms with E-state index in [1.807, 2.05) is 24.3 Å². The van der Waals surface area contributed by atoms with Gasteiger partial charge in [-0.3, -0.25) is 4.79 Å². The predicted molar refractivity (Wildman–Crippen MR) is 110 cm³/mol. The molecule has 0 spiro atoms. The number of ether oxygens (including phenoxy) is 3. The molecule has 3 rings (SSSR count). The Morgan fingerprint density at radius 1 is 1.04 bits per heavy atom. The molecule has 5 nitrogen and oxygen atoms in total. The van der Waals surface area contributed by atoms with E-state index in [-0.39, 0.29) is 11.8 Å². The number of rotatable bonds is 8. The fourth-order valence-electron chi connectivity index (χ4n) is 3.91. The van der Waals surface area contributed by atoms with E-state index in [0.717, 1.165) is 37.0 Å². The van der Waals surface area contributed by atoms with Crippen LogP contribution in [-0.2, 0) is 17.6 Å². The molecule has 0 radical (unpaired) electrons. The zero-order valence-electron chi connectivity index (χ0n) is 16.9. The van der Waals surface area contributed by atoms with Gasteiger partial charge in [0.2, 0.25) is 5.91 Å². The highest BCUT2D eigenvalue weighted by Crippen LogP contribution is 2.35. The van der Waals surface area contributed by atoms with E-state index in [9.17, 15) is 4.79 Å². The summed E-state index contributed by atoms with van der Waals surface area (Å²) in [7, 11) is 4.94. The molecule has 1 aliphatic rings. The van der Waals surface area contributed by atoms with Crippen molar-refractivity contribution in [2.24, 2.45) is 0 Å². The van der Waals surface area contributed by atoms with Gasteiger partial charge in [-0.15, -0.1) is 0 Å². The number of benzene rings is 2. The lowest BCUT2D eigenvalue weighted by molar-refractivity contribution is -0.121. The van der Waals surface area contributed by atoms with Crippen LogP contribution < -0.4 is 19.5 Å². The number of amides is 1. The molecule has 150 valence electrons. The highest BCUT2D eigenvalue weighted by Gasteiger charge is 2.23. The quantitative estimate of drug-likeness (QED) is 0.752. The molecule has 0 saturated heterocycles. The number of carbonyl (C=O) groups is 1. The zero-order valence-corrected chi connectivity index (χ0v) is 16.9. The topological polar surface area (TPSA) is 56.8 Å². The van der Waals surface area contributed by atoms with Gasteiger partial charge in [0, 0.05) is 13.0 Å². The Labute approximate surface area is 167 Å². The molecule has 28 heavy (non-hydrogen) atoms. The second-order valence-corrected chi connectivity index (χ2v) is 7.15. The largest absolute Gasteiger partial charge is 0.497 e. The van der Waals surface area contributed by atoms with Crippen LogP contribution in [0.2, 0.25) is 0 Å². The summed E-state index contributed by atoms with van der Waals surface area (Å²) in [6.45, 7) is 0.608. The first-order chi connectivity index (χ1) is 13.6. The van der Waals surface area contributed by atoms with Gasteiger partial charge >= 0.3 is 0 Å². The molecule has 0 heterocycles. The van der Waals surface area contributed by atoms with Crippen molar-refractivity contribution >= 4 is 5.91 Å². The maximum absolute atomic E-state index is 12.5. The van der Waals surface area contributed by atoms with Gasteiger partial charge in [-0.1, -0.05) is 12.1 Å². The molecular weight excluding hydrogens is 354 g/mol. The average Bonchev–Trinajstić information content (AvgIpc) is 2.73. The minimum Gasteiger partial charge on any atom is -0.497 e. The van der Waals surface area contributed by atoms with E-state index in [4.69, 9.17) is 14.2 Å². The molecule has 0 aliphatic heterocycles. The summed E-state index contributed by atoms with van der Waals surface area (Å²) in [6.07, 6.45) is 4.52. The van der Waals surface area contributed by atoms with Crippen molar-refractivity contribution in [3.63, 3.8) is 0 Å². The second kappa shape index (κ2) is 9.49. The minimum atomic E-state index is 0.106. The summed E-state index contributed by atoms with van der Waals surface area (Å²) >= 11 is 0. The van der Waals surface area contributed by atoms with Crippen molar-refractivity contribution in [1.29, 1.82) is 0 Å². The molecule has 1 amide bonds. The van der Waals surface area contributed by atoms with E-state index in [0.29, 0.717) is 24.5 Å². The molecule has 0 saturated carbocycles. The van der Waals surface area contributed by atoms with Gasteiger partial charge in [0.25, 0.3) is 0 Å². The van der Waals surface area contributed by atoms with Crippen LogP contribution in [0.25, 0.3) is 0 Å². The Kier molecular flexibility index (Phi) is 6.80. The third-order valence-electron chi connectivity index (χ3n) is 5.40. The van der Waals surface area contributed by atoms with Crippen molar-refractivity contribution in [1.82, 2.24) is 5.32 Å². The summed E-state index contributed by atoms with van der Waals surface area (Å²) in [6, 6.07) is 12.1. The smallest absolute Gasteiger partial charge is 0.220 e. The van der Waals surface area contributed by atoms with Crippen LogP contribution in [-0.4, -0.2) is 33.8 Å². The number of nitrogens with one attached hydrogen (secondary N) is 1. The van der Waals surface area contributed by atoms with Gasteiger partial charge in [-0.25, -0.2) is 0 Å². The van der Waals surface area contributed by atoms with Crippen LogP contribution in [0.5, 0.6) is 17.2 Å². The van der Waals surface area contributed by atoms with Crippen molar-refractivity contribution in [2.45, 2.75) is 38.0 Å². The molecule has 0 fully saturated rings. The van der Waals surface area contributed by atoms with Gasteiger partial charge in [0.05, 0.1) is 21.3 Å². The predicted octanol–water partition coefficient (Wildman–Crippen LogP) is 3.88. The molecule has 0 bridgehead atoms. The first kappa shape index (κ1) is 20.1. The normalized spacial score (nSPS) is 15.5. The Morgan fingerprint density at radius 2 is 1.86 bits per heavy atom. The number of methoxy groups -OCH3 is 3. The average molecular weight is 383 g/mol. The Hall–Kier alpha value is -2.69. The SMILES string of the molecule is COc1ccc2c(c1)CCCC2CC(=O)NCCc1ccc(OC)c(OC)c1. The van der Waals surface area contributed by atoms with Crippen LogP contribution in [0.15, 0.2) is 36.4 Å². The number of carbonyl (C=O) groups excluding carboxylic acids is 1. The van der Waals surface area contributed by atoms with E-state index < -0.39 is 0 Å². The van der Waals surface area contributed by atoms with Crippen LogP contribution in [0.4, 0.5) is 0 Å². The monoisotopic (exact) mass is 383 g/mol. The molecule has 1 aliphatic carbocycles. The maximum Gasteiger partial charge on any atom is 0.220 e. The van der Waals surface area contributed by atoms with E-state index in [1.54, 1.807) is 21.3 Å². The molecule has 1 atom stereocenters. The second-order valence-electron chi connectivity index (χ2n) is 7.15. The number of hydrogen-bond acceptors (Lipinski definition) is 4. The fourth-order valence-corrected chi connectivity index (χ4v) is 3.91. The van der Waals surface area contributed by atoms with E-state index >= 15 is 0 Å². The van der Waals surface area contributed by atoms with Gasteiger partial charge in [-0.05, 0) is 72.6 Å². The fraction of sp³-hybridized carbons (Fsp3) is 0.435. The Balaban J connectivity index is 1.53. The van der Waals surface area contributed by atoms with Crippen molar-refractivity contribution in [3.8, 4) is 17.2 Å². The van der Waals surface area contributed by atoms with Crippen LogP contribution >= 0.6 is 0 Å². The Bertz CT molecular complexity index is 818. The minimum absolute atomic E-state index is 0.106. The summed E-state index contributed by atoms with van der Waals surface area (Å²) in [4.78, 5) is 12.5. The summed E-state index contributed by atoms with van der Waals surface area (Å²) in [5.74, 6) is 2.70. The highest BCUT2D eigenvalue weighted by atomic mass is 16.5. The lowest BCUT2D eigenvalue weighted by atomic mass is 9.81. The lowest BCUT2D eigenvalue weighted by Crippen LogP contribution is -2.28. The first-order valence-electron chi connectivity index (χ1n) is 9.79. The number of hydrogen-bond donors (Lipinski definition) is 1. The highest BCUT2D eigenvalue weighted by molar-refractivity contribution is 5.77. The van der Waals surface area contributed by atoms with Crippen LogP contribution in [0.3, 0.4) is 0 Å². The lowest BCUT2D eigenvalue weighted by Gasteiger charge is -2.25. The van der Waals surface area contributed by atoms with Gasteiger partial charge in [0.15, 0.2) is 11.5 Å². The zero-order chi connectivity index (χ0) is 19.9. The molecule has 1 unspecified atom stereocenters. The van der Waals surface area contributed by atoms with Crippen molar-refractivity contribution in [2.75, 3.05) is 27.9 Å². The van der Waals surface area contributed by atoms with Gasteiger partial charge in [0.1, 0.15) is 5.75 Å². The van der Waals surface area contributed by atoms with Gasteiger partial charge < -0.3 is 19.5 Å². The molecule has 1 N–H and O–H groups in total. The van der Waals surface area contributed by atoms with E-state index in [1.165, 1.54) is 11.1 Å². The number of fused-ring (bicyclic) bond motifs is 1. The summed E-state index contributed by atoms with van der Waals surface area (Å²) in [5, 5.41) is 3.06. The van der Waals surface area contributed by atoms with Crippen molar-refractivity contribution < 1.29 is 19.0 Å². The molecule has 2 aromatic rings. The third-order valence-corrected chi connectivity index (χ3v) is 5.40. The summed E-state index contributed by atoms with van der Waals surface area (Å²) in [5.41, 5.74) is 3.71. The maximum atomic E-state index is 12.5. The molecule has 0 aromatic heterocycles. The number of aryl methyl sites for hydroxylation is 1. The van der Waals surface area contributed by atoms with Crippen LogP contribution in [0, 0.1) is 0 Å². The summed E-state index contributed by atoms with van der Waals surface area (Å²) < 4.78 is 15.9. The Morgan fingerprint density at radius 3 is 2.61 bits per heavy atom. The van der Waals surface area contributed by atoms with Gasteiger partial charge in [-0.2, -0.15) is 0 Å². The molecule has 5 heteroatoms. The molecular formula is C23H29NO4. The standard InChI is InChI=1S/C23H29NO4/c1-26-19-8-9-20-17(14-19)5-4-6-18(20)15-23(25)24-12-11-16-7-10-21(27-2)22(13-16)28-3/h7-10,13-14,18H,4-6,11-12,15H2,1-3H3,(H,24,25). The van der Waals surface area contributed by atoms with E-state index in [2.05, 4.69) is 17.4 Å². The molecule has 2 aromatic carbocycles. The third kappa shape index (κ3) is 4.77. The van der Waals surface area contributed by atoms with Crippen molar-refractivity contribution in [3.05, 3.63) is 53.1 Å².